The van der Waals surface area contributed by atoms with E-state index in [-0.39, 0.29) is 5.97 Å². The van der Waals surface area contributed by atoms with Crippen LogP contribution in [0.2, 0.25) is 0 Å². The third-order valence-electron chi connectivity index (χ3n) is 2.21. The summed E-state index contributed by atoms with van der Waals surface area (Å²) in [6.45, 7) is 4.24. The minimum atomic E-state index is -0.329. The largest absolute Gasteiger partial charge is 0.465 e. The summed E-state index contributed by atoms with van der Waals surface area (Å²) in [5.41, 5.74) is 0. The minimum absolute atomic E-state index is 0.329. The number of nitrogens with zero attached hydrogens (tertiary/aromatic N) is 1. The van der Waals surface area contributed by atoms with Crippen molar-refractivity contribution in [3.05, 3.63) is 11.1 Å². The number of carbonyl (C=O) groups excluding carboxylic acids is 1. The van der Waals surface area contributed by atoms with Crippen molar-refractivity contribution in [2.75, 3.05) is 12.4 Å². The molecule has 0 unspecified atom stereocenters. The molecule has 15 heavy (non-hydrogen) atoms. The number of ether oxygens (including phenoxy) is 1. The van der Waals surface area contributed by atoms with Crippen LogP contribution in [0.25, 0.3) is 0 Å². The van der Waals surface area contributed by atoms with Crippen molar-refractivity contribution in [2.45, 2.75) is 32.7 Å². The zero-order chi connectivity index (χ0) is 11.3. The molecule has 5 heteroatoms. The third kappa shape index (κ3) is 3.20. The lowest BCUT2D eigenvalue weighted by Gasteiger charge is -2.12. The van der Waals surface area contributed by atoms with Crippen LogP contribution in [-0.2, 0) is 4.74 Å². The molecule has 0 spiro atoms. The van der Waals surface area contributed by atoms with Crippen LogP contribution in [-0.4, -0.2) is 24.1 Å². The normalized spacial score (nSPS) is 10.4. The number of aromatic nitrogens is 1. The van der Waals surface area contributed by atoms with E-state index in [0.29, 0.717) is 10.9 Å². The average Bonchev–Trinajstić information content (AvgIpc) is 2.73. The zero-order valence-electron chi connectivity index (χ0n) is 9.24. The lowest BCUT2D eigenvalue weighted by Crippen LogP contribution is -2.16. The van der Waals surface area contributed by atoms with Gasteiger partial charge in [0.2, 0.25) is 0 Å². The Morgan fingerprint density at radius 2 is 2.27 bits per heavy atom. The molecule has 0 aliphatic carbocycles. The molecule has 0 amide bonds. The summed E-state index contributed by atoms with van der Waals surface area (Å²) in [7, 11) is 1.37. The minimum Gasteiger partial charge on any atom is -0.465 e. The van der Waals surface area contributed by atoms with Gasteiger partial charge in [-0.25, -0.2) is 9.78 Å². The fraction of sp³-hybridized carbons (Fsp3) is 0.600. The highest BCUT2D eigenvalue weighted by atomic mass is 32.1. The third-order valence-corrected chi connectivity index (χ3v) is 3.11. The summed E-state index contributed by atoms with van der Waals surface area (Å²) < 4.78 is 4.61. The first-order chi connectivity index (χ1) is 7.21. The number of methoxy groups -OCH3 is 1. The van der Waals surface area contributed by atoms with Crippen molar-refractivity contribution >= 4 is 22.4 Å². The molecule has 0 atom stereocenters. The fourth-order valence-corrected chi connectivity index (χ4v) is 2.01. The van der Waals surface area contributed by atoms with Gasteiger partial charge in [-0.2, -0.15) is 0 Å². The summed E-state index contributed by atoms with van der Waals surface area (Å²) in [5, 5.41) is 4.06. The highest BCUT2D eigenvalue weighted by Crippen LogP contribution is 2.20. The van der Waals surface area contributed by atoms with E-state index in [2.05, 4.69) is 28.9 Å². The summed E-state index contributed by atoms with van der Waals surface area (Å²) in [6, 6.07) is 0.418. The molecular formula is C10H16N2O2S. The molecule has 0 aromatic carbocycles. The molecule has 1 aromatic rings. The molecule has 1 N–H and O–H groups in total. The Labute approximate surface area is 93.7 Å². The van der Waals surface area contributed by atoms with E-state index in [9.17, 15) is 4.79 Å². The second kappa shape index (κ2) is 5.70. The van der Waals surface area contributed by atoms with E-state index in [1.165, 1.54) is 18.4 Å². The molecule has 4 nitrogen and oxygen atoms in total. The summed E-state index contributed by atoms with van der Waals surface area (Å²) in [6.07, 6.45) is 3.63. The van der Waals surface area contributed by atoms with E-state index >= 15 is 0 Å². The molecule has 0 saturated heterocycles. The van der Waals surface area contributed by atoms with E-state index in [0.717, 1.165) is 18.0 Å². The molecule has 84 valence electrons. The smallest absolute Gasteiger partial charge is 0.349 e. The van der Waals surface area contributed by atoms with Gasteiger partial charge >= 0.3 is 5.97 Å². The van der Waals surface area contributed by atoms with Crippen LogP contribution in [0.15, 0.2) is 6.20 Å². The maximum absolute atomic E-state index is 11.2. The SMILES string of the molecule is CCC(CC)Nc1ncc(C(=O)OC)s1. The van der Waals surface area contributed by atoms with Crippen LogP contribution in [0.4, 0.5) is 5.13 Å². The Morgan fingerprint density at radius 3 is 2.80 bits per heavy atom. The van der Waals surface area contributed by atoms with Crippen molar-refractivity contribution in [3.63, 3.8) is 0 Å². The van der Waals surface area contributed by atoms with Crippen molar-refractivity contribution < 1.29 is 9.53 Å². The van der Waals surface area contributed by atoms with Gasteiger partial charge in [0.05, 0.1) is 13.3 Å². The first-order valence-electron chi connectivity index (χ1n) is 5.01. The molecule has 0 fully saturated rings. The number of hydrogen-bond acceptors (Lipinski definition) is 5. The number of anilines is 1. The topological polar surface area (TPSA) is 51.2 Å². The first kappa shape index (κ1) is 12.0. The fourth-order valence-electron chi connectivity index (χ4n) is 1.20. The Balaban J connectivity index is 2.63. The predicted molar refractivity (Wildman–Crippen MR) is 61.4 cm³/mol. The van der Waals surface area contributed by atoms with Gasteiger partial charge in [0.25, 0.3) is 0 Å². The standard InChI is InChI=1S/C10H16N2O2S/c1-4-7(5-2)12-10-11-6-8(15-10)9(13)14-3/h6-7H,4-5H2,1-3H3,(H,11,12). The molecule has 1 aromatic heterocycles. The van der Waals surface area contributed by atoms with Gasteiger partial charge in [-0.1, -0.05) is 25.2 Å². The van der Waals surface area contributed by atoms with Crippen LogP contribution in [0, 0.1) is 0 Å². The summed E-state index contributed by atoms with van der Waals surface area (Å²) in [4.78, 5) is 15.8. The average molecular weight is 228 g/mol. The molecule has 0 bridgehead atoms. The van der Waals surface area contributed by atoms with Gasteiger partial charge in [0, 0.05) is 6.04 Å². The zero-order valence-corrected chi connectivity index (χ0v) is 10.1. The van der Waals surface area contributed by atoms with Crippen LogP contribution in [0.3, 0.4) is 0 Å². The Kier molecular flexibility index (Phi) is 4.55. The summed E-state index contributed by atoms with van der Waals surface area (Å²) in [5.74, 6) is -0.329. The first-order valence-corrected chi connectivity index (χ1v) is 5.83. The molecule has 0 aliphatic heterocycles. The van der Waals surface area contributed by atoms with Crippen LogP contribution in [0.5, 0.6) is 0 Å². The van der Waals surface area contributed by atoms with Crippen molar-refractivity contribution in [3.8, 4) is 0 Å². The molecule has 0 radical (unpaired) electrons. The summed E-state index contributed by atoms with van der Waals surface area (Å²) >= 11 is 1.33. The number of carbonyl (C=O) groups is 1. The maximum Gasteiger partial charge on any atom is 0.349 e. The predicted octanol–water partition coefficient (Wildman–Crippen LogP) is 2.53. The van der Waals surface area contributed by atoms with Gasteiger partial charge in [0.1, 0.15) is 4.88 Å². The molecule has 0 aliphatic rings. The van der Waals surface area contributed by atoms with Crippen LogP contribution >= 0.6 is 11.3 Å². The van der Waals surface area contributed by atoms with E-state index in [1.807, 2.05) is 0 Å². The highest BCUT2D eigenvalue weighted by molar-refractivity contribution is 7.17. The Bertz CT molecular complexity index is 321. The molecule has 1 heterocycles. The van der Waals surface area contributed by atoms with Gasteiger partial charge in [-0.3, -0.25) is 0 Å². The maximum atomic E-state index is 11.2. The van der Waals surface area contributed by atoms with E-state index in [4.69, 9.17) is 0 Å². The molecular weight excluding hydrogens is 212 g/mol. The van der Waals surface area contributed by atoms with Gasteiger partial charge in [-0.05, 0) is 12.8 Å². The second-order valence-electron chi connectivity index (χ2n) is 3.18. The van der Waals surface area contributed by atoms with Crippen molar-refractivity contribution in [2.24, 2.45) is 0 Å². The van der Waals surface area contributed by atoms with Gasteiger partial charge in [-0.15, -0.1) is 0 Å². The number of nitrogens with one attached hydrogen (secondary N) is 1. The quantitative estimate of drug-likeness (QED) is 0.787. The lowest BCUT2D eigenvalue weighted by molar-refractivity contribution is 0.0606. The monoisotopic (exact) mass is 228 g/mol. The van der Waals surface area contributed by atoms with Crippen molar-refractivity contribution in [1.82, 2.24) is 4.98 Å². The Hall–Kier alpha value is -1.10. The number of rotatable bonds is 5. The van der Waals surface area contributed by atoms with Crippen LogP contribution < -0.4 is 5.32 Å². The van der Waals surface area contributed by atoms with Gasteiger partial charge < -0.3 is 10.1 Å². The van der Waals surface area contributed by atoms with E-state index in [1.54, 1.807) is 6.20 Å². The van der Waals surface area contributed by atoms with Crippen LogP contribution in [0.1, 0.15) is 36.4 Å². The number of thiazole rings is 1. The molecule has 1 rings (SSSR count). The number of esters is 1. The Morgan fingerprint density at radius 1 is 1.60 bits per heavy atom. The highest BCUT2D eigenvalue weighted by Gasteiger charge is 2.12. The lowest BCUT2D eigenvalue weighted by atomic mass is 10.2. The van der Waals surface area contributed by atoms with Crippen molar-refractivity contribution in [1.29, 1.82) is 0 Å². The molecule has 0 saturated carbocycles. The van der Waals surface area contributed by atoms with E-state index < -0.39 is 0 Å². The number of hydrogen-bond donors (Lipinski definition) is 1. The van der Waals surface area contributed by atoms with Gasteiger partial charge in [0.15, 0.2) is 5.13 Å². The second-order valence-corrected chi connectivity index (χ2v) is 4.21.